The predicted molar refractivity (Wildman–Crippen MR) is 84.8 cm³/mol. The van der Waals surface area contributed by atoms with Crippen molar-refractivity contribution in [3.63, 3.8) is 0 Å². The first-order chi connectivity index (χ1) is 10.7. The average molecular weight is 291 g/mol. The van der Waals surface area contributed by atoms with E-state index in [1.54, 1.807) is 12.4 Å². The number of nitrogens with zero attached hydrogens (tertiary/aromatic N) is 3. The molecule has 0 saturated heterocycles. The SMILES string of the molecule is Cc1ccc2c(c1)-c1c(nc(-c3cccnc3)n1O)CCC2. The zero-order valence-electron chi connectivity index (χ0n) is 12.5. The van der Waals surface area contributed by atoms with Gasteiger partial charge in [0.15, 0.2) is 5.82 Å². The van der Waals surface area contributed by atoms with E-state index in [0.29, 0.717) is 5.82 Å². The lowest BCUT2D eigenvalue weighted by Gasteiger charge is -2.09. The Labute approximate surface area is 129 Å². The van der Waals surface area contributed by atoms with Gasteiger partial charge in [-0.05, 0) is 49.9 Å². The Morgan fingerprint density at radius 3 is 2.91 bits per heavy atom. The van der Waals surface area contributed by atoms with Gasteiger partial charge in [-0.25, -0.2) is 4.98 Å². The third kappa shape index (κ3) is 1.99. The summed E-state index contributed by atoms with van der Waals surface area (Å²) in [6, 6.07) is 10.2. The maximum absolute atomic E-state index is 10.7. The van der Waals surface area contributed by atoms with Crippen LogP contribution in [0.3, 0.4) is 0 Å². The molecule has 1 aliphatic rings. The van der Waals surface area contributed by atoms with Crippen LogP contribution in [0.2, 0.25) is 0 Å². The van der Waals surface area contributed by atoms with Crippen molar-refractivity contribution in [3.8, 4) is 22.6 Å². The van der Waals surface area contributed by atoms with Gasteiger partial charge < -0.3 is 5.21 Å². The molecule has 2 heterocycles. The molecule has 3 aromatic rings. The first-order valence-electron chi connectivity index (χ1n) is 7.55. The van der Waals surface area contributed by atoms with Crippen LogP contribution in [0.4, 0.5) is 0 Å². The molecular weight excluding hydrogens is 274 g/mol. The number of rotatable bonds is 1. The minimum atomic E-state index is 0.562. The molecule has 0 fully saturated rings. The van der Waals surface area contributed by atoms with Gasteiger partial charge in [0.1, 0.15) is 5.69 Å². The Morgan fingerprint density at radius 2 is 2.09 bits per heavy atom. The van der Waals surface area contributed by atoms with Crippen LogP contribution in [0, 0.1) is 6.92 Å². The highest BCUT2D eigenvalue weighted by Gasteiger charge is 2.23. The van der Waals surface area contributed by atoms with Gasteiger partial charge in [0.25, 0.3) is 0 Å². The monoisotopic (exact) mass is 291 g/mol. The van der Waals surface area contributed by atoms with Gasteiger partial charge in [0.2, 0.25) is 0 Å². The third-order valence-electron chi connectivity index (χ3n) is 4.23. The molecule has 4 rings (SSSR count). The van der Waals surface area contributed by atoms with Crippen LogP contribution < -0.4 is 0 Å². The van der Waals surface area contributed by atoms with Gasteiger partial charge in [-0.15, -0.1) is 0 Å². The van der Waals surface area contributed by atoms with E-state index in [9.17, 15) is 5.21 Å². The molecule has 4 heteroatoms. The molecule has 0 aliphatic heterocycles. The third-order valence-corrected chi connectivity index (χ3v) is 4.23. The summed E-state index contributed by atoms with van der Waals surface area (Å²) < 4.78 is 1.23. The molecule has 22 heavy (non-hydrogen) atoms. The molecule has 0 saturated carbocycles. The maximum atomic E-state index is 10.7. The van der Waals surface area contributed by atoms with Crippen molar-refractivity contribution in [2.24, 2.45) is 0 Å². The fourth-order valence-electron chi connectivity index (χ4n) is 3.16. The summed E-state index contributed by atoms with van der Waals surface area (Å²) >= 11 is 0. The Balaban J connectivity index is 1.96. The largest absolute Gasteiger partial charge is 0.426 e. The number of imidazole rings is 1. The lowest BCUT2D eigenvalue weighted by Crippen LogP contribution is -1.99. The van der Waals surface area contributed by atoms with Gasteiger partial charge >= 0.3 is 0 Å². The summed E-state index contributed by atoms with van der Waals surface area (Å²) in [5.74, 6) is 0.562. The quantitative estimate of drug-likeness (QED) is 0.696. The average Bonchev–Trinajstić information content (AvgIpc) is 2.75. The summed E-state index contributed by atoms with van der Waals surface area (Å²) in [4.78, 5) is 8.80. The van der Waals surface area contributed by atoms with Gasteiger partial charge in [-0.1, -0.05) is 17.7 Å². The van der Waals surface area contributed by atoms with Crippen molar-refractivity contribution < 1.29 is 5.21 Å². The molecule has 1 aliphatic carbocycles. The van der Waals surface area contributed by atoms with Crippen LogP contribution in [-0.2, 0) is 12.8 Å². The number of hydrogen-bond acceptors (Lipinski definition) is 3. The summed E-state index contributed by atoms with van der Waals surface area (Å²) in [7, 11) is 0. The molecule has 110 valence electrons. The van der Waals surface area contributed by atoms with Gasteiger partial charge in [-0.2, -0.15) is 4.73 Å². The zero-order valence-corrected chi connectivity index (χ0v) is 12.5. The molecule has 0 atom stereocenters. The number of hydrogen-bond donors (Lipinski definition) is 1. The summed E-state index contributed by atoms with van der Waals surface area (Å²) in [6.07, 6.45) is 6.40. The number of pyridine rings is 1. The highest BCUT2D eigenvalue weighted by Crippen LogP contribution is 2.35. The minimum absolute atomic E-state index is 0.562. The summed E-state index contributed by atoms with van der Waals surface area (Å²) in [5.41, 5.74) is 6.18. The number of benzene rings is 1. The van der Waals surface area contributed by atoms with Gasteiger partial charge in [-0.3, -0.25) is 4.98 Å². The smallest absolute Gasteiger partial charge is 0.177 e. The van der Waals surface area contributed by atoms with Crippen LogP contribution in [0.5, 0.6) is 0 Å². The molecule has 1 aromatic carbocycles. The van der Waals surface area contributed by atoms with Crippen LogP contribution in [-0.4, -0.2) is 19.9 Å². The Bertz CT molecular complexity index is 837. The Morgan fingerprint density at radius 1 is 1.18 bits per heavy atom. The molecule has 2 aromatic heterocycles. The first-order valence-corrected chi connectivity index (χ1v) is 7.55. The molecule has 4 nitrogen and oxygen atoms in total. The fourth-order valence-corrected chi connectivity index (χ4v) is 3.16. The van der Waals surface area contributed by atoms with Crippen LogP contribution in [0.1, 0.15) is 23.2 Å². The van der Waals surface area contributed by atoms with E-state index in [-0.39, 0.29) is 0 Å². The van der Waals surface area contributed by atoms with E-state index in [0.717, 1.165) is 41.8 Å². The summed E-state index contributed by atoms with van der Waals surface area (Å²) in [6.45, 7) is 2.07. The second-order valence-electron chi connectivity index (χ2n) is 5.80. The van der Waals surface area contributed by atoms with Crippen molar-refractivity contribution in [2.75, 3.05) is 0 Å². The van der Waals surface area contributed by atoms with Crippen LogP contribution >= 0.6 is 0 Å². The van der Waals surface area contributed by atoms with E-state index in [1.165, 1.54) is 15.9 Å². The second-order valence-corrected chi connectivity index (χ2v) is 5.80. The molecule has 0 amide bonds. The van der Waals surface area contributed by atoms with E-state index < -0.39 is 0 Å². The van der Waals surface area contributed by atoms with Gasteiger partial charge in [0.05, 0.1) is 5.69 Å². The standard InChI is InChI=1S/C18H17N3O/c1-12-7-8-13-4-2-6-16-17(15(13)10-12)21(22)18(20-16)14-5-3-9-19-11-14/h3,5,7-11,22H,2,4,6H2,1H3. The topological polar surface area (TPSA) is 50.9 Å². The van der Waals surface area contributed by atoms with E-state index in [2.05, 4.69) is 35.1 Å². The van der Waals surface area contributed by atoms with Crippen molar-refractivity contribution in [2.45, 2.75) is 26.2 Å². The molecule has 0 radical (unpaired) electrons. The molecule has 1 N–H and O–H groups in total. The Hall–Kier alpha value is -2.62. The van der Waals surface area contributed by atoms with E-state index >= 15 is 0 Å². The number of aryl methyl sites for hydroxylation is 3. The predicted octanol–water partition coefficient (Wildman–Crippen LogP) is 3.65. The summed E-state index contributed by atoms with van der Waals surface area (Å²) in [5, 5.41) is 10.7. The lowest BCUT2D eigenvalue weighted by molar-refractivity contribution is 0.195. The highest BCUT2D eigenvalue weighted by atomic mass is 16.5. The molecule has 0 bridgehead atoms. The number of fused-ring (bicyclic) bond motifs is 3. The first kappa shape index (κ1) is 13.1. The fraction of sp³-hybridized carbons (Fsp3) is 0.222. The minimum Gasteiger partial charge on any atom is -0.426 e. The van der Waals surface area contributed by atoms with Crippen LogP contribution in [0.25, 0.3) is 22.6 Å². The van der Waals surface area contributed by atoms with Crippen molar-refractivity contribution in [3.05, 3.63) is 59.5 Å². The molecular formula is C18H17N3O. The zero-order chi connectivity index (χ0) is 15.1. The van der Waals surface area contributed by atoms with Crippen molar-refractivity contribution in [1.82, 2.24) is 14.7 Å². The normalized spacial score (nSPS) is 13.3. The van der Waals surface area contributed by atoms with Crippen LogP contribution in [0.15, 0.2) is 42.7 Å². The van der Waals surface area contributed by atoms with Crippen molar-refractivity contribution in [1.29, 1.82) is 0 Å². The second kappa shape index (κ2) is 4.98. The maximum Gasteiger partial charge on any atom is 0.177 e. The highest BCUT2D eigenvalue weighted by molar-refractivity contribution is 5.72. The van der Waals surface area contributed by atoms with E-state index in [4.69, 9.17) is 0 Å². The molecule has 0 unspecified atom stereocenters. The van der Waals surface area contributed by atoms with E-state index in [1.807, 2.05) is 12.1 Å². The van der Waals surface area contributed by atoms with Crippen molar-refractivity contribution >= 4 is 0 Å². The lowest BCUT2D eigenvalue weighted by atomic mass is 10.0. The molecule has 0 spiro atoms. The number of aromatic nitrogens is 3. The Kier molecular flexibility index (Phi) is 2.96. The van der Waals surface area contributed by atoms with Gasteiger partial charge in [0, 0.05) is 23.5 Å².